The molecule has 0 unspecified atom stereocenters. The summed E-state index contributed by atoms with van der Waals surface area (Å²) in [5, 5.41) is 29.0. The third-order valence-corrected chi connectivity index (χ3v) is 2.97. The zero-order valence-corrected chi connectivity index (χ0v) is 7.38. The van der Waals surface area contributed by atoms with Crippen molar-refractivity contribution in [2.75, 3.05) is 7.11 Å². The van der Waals surface area contributed by atoms with Gasteiger partial charge >= 0.3 is 0 Å². The Hall–Kier alpha value is -0.200. The van der Waals surface area contributed by atoms with Crippen LogP contribution in [0.2, 0.25) is 0 Å². The molecule has 2 bridgehead atoms. The van der Waals surface area contributed by atoms with Crippen molar-refractivity contribution in [3.63, 3.8) is 0 Å². The molecule has 5 heteroatoms. The predicted molar refractivity (Wildman–Crippen MR) is 41.9 cm³/mol. The fourth-order valence-electron chi connectivity index (χ4n) is 2.13. The highest BCUT2D eigenvalue weighted by Gasteiger charge is 2.58. The minimum Gasteiger partial charge on any atom is -0.388 e. The molecule has 1 saturated carbocycles. The molecule has 2 heterocycles. The average Bonchev–Trinajstić information content (AvgIpc) is 2.14. The Morgan fingerprint density at radius 1 is 1.46 bits per heavy atom. The molecule has 0 aromatic carbocycles. The Balaban J connectivity index is 2.25. The van der Waals surface area contributed by atoms with E-state index in [0.717, 1.165) is 0 Å². The first-order valence-corrected chi connectivity index (χ1v) is 4.36. The maximum atomic E-state index is 9.96. The van der Waals surface area contributed by atoms with Crippen LogP contribution in [-0.2, 0) is 9.47 Å². The number of ether oxygens (including phenoxy) is 2. The first-order chi connectivity index (χ1) is 6.09. The molecule has 3 aliphatic rings. The molecule has 0 amide bonds. The number of aliphatic hydroxyl groups is 3. The Kier molecular flexibility index (Phi) is 2.08. The summed E-state index contributed by atoms with van der Waals surface area (Å²) in [6.07, 6.45) is -2.49. The van der Waals surface area contributed by atoms with Gasteiger partial charge in [0.05, 0.1) is 6.10 Å². The number of hydrogen-bond donors (Lipinski definition) is 3. The van der Waals surface area contributed by atoms with Gasteiger partial charge in [-0.05, 0) is 12.8 Å². The van der Waals surface area contributed by atoms with E-state index in [2.05, 4.69) is 0 Å². The number of aliphatic hydroxyl groups excluding tert-OH is 2. The predicted octanol–water partition coefficient (Wildman–Crippen LogP) is -1.40. The van der Waals surface area contributed by atoms with Gasteiger partial charge in [0.2, 0.25) is 0 Å². The normalized spacial score (nSPS) is 55.4. The highest BCUT2D eigenvalue weighted by Crippen LogP contribution is 2.41. The van der Waals surface area contributed by atoms with Gasteiger partial charge in [-0.25, -0.2) is 0 Å². The van der Waals surface area contributed by atoms with E-state index < -0.39 is 30.2 Å². The molecule has 5 atom stereocenters. The minimum absolute atomic E-state index is 0.397. The minimum atomic E-state index is -1.46. The van der Waals surface area contributed by atoms with Crippen LogP contribution in [0.5, 0.6) is 0 Å². The second-order valence-corrected chi connectivity index (χ2v) is 3.71. The molecular formula is C8H14O5. The van der Waals surface area contributed by atoms with Gasteiger partial charge in [0, 0.05) is 7.11 Å². The van der Waals surface area contributed by atoms with Crippen LogP contribution in [0.4, 0.5) is 0 Å². The van der Waals surface area contributed by atoms with Crippen molar-refractivity contribution in [1.29, 1.82) is 0 Å². The number of hydrogen-bond acceptors (Lipinski definition) is 5. The van der Waals surface area contributed by atoms with Gasteiger partial charge in [-0.2, -0.15) is 0 Å². The highest BCUT2D eigenvalue weighted by molar-refractivity contribution is 5.05. The van der Waals surface area contributed by atoms with E-state index in [0.29, 0.717) is 12.8 Å². The summed E-state index contributed by atoms with van der Waals surface area (Å²) in [6.45, 7) is 0. The first kappa shape index (κ1) is 9.36. The third-order valence-electron chi connectivity index (χ3n) is 2.97. The maximum absolute atomic E-state index is 9.96. The molecule has 3 fully saturated rings. The van der Waals surface area contributed by atoms with E-state index in [-0.39, 0.29) is 0 Å². The molecule has 3 rings (SSSR count). The van der Waals surface area contributed by atoms with Crippen molar-refractivity contribution in [3.8, 4) is 0 Å². The van der Waals surface area contributed by atoms with Crippen LogP contribution in [0, 0.1) is 0 Å². The van der Waals surface area contributed by atoms with Gasteiger partial charge in [0.1, 0.15) is 17.8 Å². The molecule has 0 radical (unpaired) electrons. The van der Waals surface area contributed by atoms with Crippen LogP contribution in [0.1, 0.15) is 12.8 Å². The topological polar surface area (TPSA) is 79.2 Å². The van der Waals surface area contributed by atoms with Crippen molar-refractivity contribution in [2.45, 2.75) is 43.0 Å². The van der Waals surface area contributed by atoms with Gasteiger partial charge in [-0.1, -0.05) is 0 Å². The van der Waals surface area contributed by atoms with Crippen molar-refractivity contribution in [1.82, 2.24) is 0 Å². The standard InChI is InChI=1S/C8H14O5/c1-12-7-8(11)3-2-4(13-7)5(9)6(8)10/h4-7,9-11H,2-3H2,1H3/t4-,5-,6+,7-,8-/m1/s1. The molecular weight excluding hydrogens is 176 g/mol. The molecule has 1 aliphatic carbocycles. The smallest absolute Gasteiger partial charge is 0.189 e. The fourth-order valence-corrected chi connectivity index (χ4v) is 2.13. The second-order valence-electron chi connectivity index (χ2n) is 3.71. The molecule has 2 aliphatic heterocycles. The molecule has 3 N–H and O–H groups in total. The first-order valence-electron chi connectivity index (χ1n) is 4.36. The van der Waals surface area contributed by atoms with Gasteiger partial charge in [0.25, 0.3) is 0 Å². The van der Waals surface area contributed by atoms with Gasteiger partial charge in [-0.3, -0.25) is 0 Å². The van der Waals surface area contributed by atoms with Crippen LogP contribution in [0.25, 0.3) is 0 Å². The zero-order valence-electron chi connectivity index (χ0n) is 7.38. The molecule has 2 saturated heterocycles. The van der Waals surface area contributed by atoms with Gasteiger partial charge in [0.15, 0.2) is 6.29 Å². The number of fused-ring (bicyclic) bond motifs is 3. The molecule has 76 valence electrons. The maximum Gasteiger partial charge on any atom is 0.189 e. The van der Waals surface area contributed by atoms with Crippen LogP contribution < -0.4 is 0 Å². The SMILES string of the molecule is CO[C@@H]1O[C@@H]2CC[C@@]1(O)[C@@H](O)[C@@H]2O. The summed E-state index contributed by atoms with van der Waals surface area (Å²) in [5.74, 6) is 0. The lowest BCUT2D eigenvalue weighted by Gasteiger charge is -2.52. The lowest BCUT2D eigenvalue weighted by atomic mass is 9.75. The van der Waals surface area contributed by atoms with E-state index in [1.807, 2.05) is 0 Å². The molecule has 0 spiro atoms. The third kappa shape index (κ3) is 1.12. The molecule has 0 aromatic rings. The van der Waals surface area contributed by atoms with Crippen LogP contribution in [0.3, 0.4) is 0 Å². The van der Waals surface area contributed by atoms with E-state index in [9.17, 15) is 15.3 Å². The van der Waals surface area contributed by atoms with Crippen molar-refractivity contribution in [3.05, 3.63) is 0 Å². The number of rotatable bonds is 1. The summed E-state index contributed by atoms with van der Waals surface area (Å²) < 4.78 is 10.1. The largest absolute Gasteiger partial charge is 0.388 e. The molecule has 5 nitrogen and oxygen atoms in total. The summed E-state index contributed by atoms with van der Waals surface area (Å²) in [6, 6.07) is 0. The lowest BCUT2D eigenvalue weighted by Crippen LogP contribution is -2.70. The molecule has 13 heavy (non-hydrogen) atoms. The summed E-state index contributed by atoms with van der Waals surface area (Å²) >= 11 is 0. The van der Waals surface area contributed by atoms with E-state index in [4.69, 9.17) is 9.47 Å². The van der Waals surface area contributed by atoms with Gasteiger partial charge in [-0.15, -0.1) is 0 Å². The average molecular weight is 190 g/mol. The van der Waals surface area contributed by atoms with Crippen molar-refractivity contribution < 1.29 is 24.8 Å². The van der Waals surface area contributed by atoms with E-state index in [1.54, 1.807) is 0 Å². The monoisotopic (exact) mass is 190 g/mol. The van der Waals surface area contributed by atoms with E-state index >= 15 is 0 Å². The second kappa shape index (κ2) is 2.90. The van der Waals surface area contributed by atoms with Crippen LogP contribution in [-0.4, -0.2) is 52.6 Å². The van der Waals surface area contributed by atoms with Crippen LogP contribution in [0.15, 0.2) is 0 Å². The summed E-state index contributed by atoms with van der Waals surface area (Å²) in [5.41, 5.74) is -1.46. The van der Waals surface area contributed by atoms with E-state index in [1.165, 1.54) is 7.11 Å². The summed E-state index contributed by atoms with van der Waals surface area (Å²) in [7, 11) is 1.41. The van der Waals surface area contributed by atoms with Crippen molar-refractivity contribution >= 4 is 0 Å². The Morgan fingerprint density at radius 3 is 2.77 bits per heavy atom. The Bertz CT molecular complexity index is 205. The fraction of sp³-hybridized carbons (Fsp3) is 1.00. The Morgan fingerprint density at radius 2 is 2.15 bits per heavy atom. The Labute approximate surface area is 75.9 Å². The lowest BCUT2D eigenvalue weighted by molar-refractivity contribution is -0.359. The number of methoxy groups -OCH3 is 1. The van der Waals surface area contributed by atoms with Crippen molar-refractivity contribution in [2.24, 2.45) is 0 Å². The summed E-state index contributed by atoms with van der Waals surface area (Å²) in [4.78, 5) is 0. The molecule has 0 aromatic heterocycles. The quantitative estimate of drug-likeness (QED) is 0.474. The van der Waals surface area contributed by atoms with Gasteiger partial charge < -0.3 is 24.8 Å². The zero-order chi connectivity index (χ0) is 9.64. The highest BCUT2D eigenvalue weighted by atomic mass is 16.7. The van der Waals surface area contributed by atoms with Crippen LogP contribution >= 0.6 is 0 Å².